The molecule has 0 heterocycles. The number of rotatable bonds is 6. The number of hydrogen-bond donors (Lipinski definition) is 0. The van der Waals surface area contributed by atoms with E-state index in [2.05, 4.69) is 0 Å². The van der Waals surface area contributed by atoms with E-state index in [1.807, 2.05) is 19.9 Å². The average molecular weight is 463 g/mol. The molecule has 2 aromatic carbocycles. The van der Waals surface area contributed by atoms with Crippen LogP contribution in [0, 0.1) is 33.1 Å². The van der Waals surface area contributed by atoms with Gasteiger partial charge in [-0.3, -0.25) is 18.9 Å². The van der Waals surface area contributed by atoms with E-state index < -0.39 is 23.7 Å². The molecule has 0 spiro atoms. The number of aryl methyl sites for hydroxylation is 4. The van der Waals surface area contributed by atoms with Gasteiger partial charge in [0, 0.05) is 16.7 Å². The van der Waals surface area contributed by atoms with Crippen LogP contribution in [0.2, 0.25) is 0 Å². The molecular weight excluding hydrogens is 431 g/mol. The largest absolute Gasteiger partial charge is 0.298 e. The van der Waals surface area contributed by atoms with Gasteiger partial charge in [-0.05, 0) is 68.7 Å². The Bertz CT molecular complexity index is 1180. The summed E-state index contributed by atoms with van der Waals surface area (Å²) < 4.78 is 14.6. The molecular formula is C28H31O4P. The second-order valence-corrected chi connectivity index (χ2v) is 12.2. The van der Waals surface area contributed by atoms with Gasteiger partial charge in [0.25, 0.3) is 7.14 Å². The lowest BCUT2D eigenvalue weighted by Crippen LogP contribution is -2.23. The summed E-state index contributed by atoms with van der Waals surface area (Å²) in [6.45, 7) is 12.8. The second-order valence-electron chi connectivity index (χ2n) is 9.75. The maximum Gasteiger partial charge on any atom is 0.287 e. The fourth-order valence-electron chi connectivity index (χ4n) is 4.61. The van der Waals surface area contributed by atoms with Crippen LogP contribution < -0.4 is 0 Å². The number of benzene rings is 2. The average Bonchev–Trinajstić information content (AvgIpc) is 2.71. The van der Waals surface area contributed by atoms with Crippen molar-refractivity contribution in [2.24, 2.45) is 5.41 Å². The van der Waals surface area contributed by atoms with Gasteiger partial charge in [0.1, 0.15) is 0 Å². The molecule has 0 unspecified atom stereocenters. The maximum atomic E-state index is 14.6. The molecule has 172 valence electrons. The first-order valence-electron chi connectivity index (χ1n) is 11.1. The first-order chi connectivity index (χ1) is 15.3. The standard InChI is InChI=1S/C28H31O4P/c1-17-10-8-11-18(2)23(17)26(30)33(32,27(31)24-19(3)12-9-13-20(24)4)25(29)22-14-15-28(6,7)16-21(22)5/h8-15H,16H2,1-7H3. The Hall–Kier alpha value is -2.84. The van der Waals surface area contributed by atoms with Crippen molar-refractivity contribution < 1.29 is 18.9 Å². The Labute approximate surface area is 196 Å². The van der Waals surface area contributed by atoms with E-state index in [1.165, 1.54) is 0 Å². The first kappa shape index (κ1) is 24.8. The summed E-state index contributed by atoms with van der Waals surface area (Å²) in [5.41, 5.74) is 0.886. The van der Waals surface area contributed by atoms with E-state index >= 15 is 0 Å². The van der Waals surface area contributed by atoms with E-state index in [4.69, 9.17) is 0 Å². The monoisotopic (exact) mass is 462 g/mol. The fourth-order valence-corrected chi connectivity index (χ4v) is 7.10. The predicted octanol–water partition coefficient (Wildman–Crippen LogP) is 7.09. The van der Waals surface area contributed by atoms with Gasteiger partial charge in [-0.15, -0.1) is 0 Å². The third-order valence-electron chi connectivity index (χ3n) is 6.36. The minimum Gasteiger partial charge on any atom is -0.298 e. The van der Waals surface area contributed by atoms with E-state index in [1.54, 1.807) is 77.1 Å². The molecule has 0 amide bonds. The molecule has 0 radical (unpaired) electrons. The van der Waals surface area contributed by atoms with Crippen molar-refractivity contribution in [2.75, 3.05) is 0 Å². The Morgan fingerprint density at radius 3 is 1.48 bits per heavy atom. The molecule has 3 rings (SSSR count). The van der Waals surface area contributed by atoms with Crippen LogP contribution in [0.3, 0.4) is 0 Å². The van der Waals surface area contributed by atoms with Crippen LogP contribution in [0.15, 0.2) is 59.7 Å². The predicted molar refractivity (Wildman–Crippen MR) is 133 cm³/mol. The van der Waals surface area contributed by atoms with Crippen LogP contribution in [-0.2, 0) is 9.36 Å². The normalized spacial score (nSPS) is 15.5. The fraction of sp³-hybridized carbons (Fsp3) is 0.321. The van der Waals surface area contributed by atoms with Crippen LogP contribution >= 0.6 is 7.14 Å². The lowest BCUT2D eigenvalue weighted by atomic mass is 9.80. The van der Waals surface area contributed by atoms with Gasteiger partial charge in [0.05, 0.1) is 0 Å². The molecule has 0 atom stereocenters. The molecule has 0 aromatic heterocycles. The Kier molecular flexibility index (Phi) is 6.64. The third kappa shape index (κ3) is 4.37. The van der Waals surface area contributed by atoms with Gasteiger partial charge in [0.2, 0.25) is 16.6 Å². The summed E-state index contributed by atoms with van der Waals surface area (Å²) in [6.07, 6.45) is 4.09. The van der Waals surface area contributed by atoms with E-state index in [-0.39, 0.29) is 22.1 Å². The SMILES string of the molecule is CC1=C(C(=O)P(=O)(C(=O)c2c(C)cccc2C)C(=O)c2c(C)cccc2C)C=CC(C)(C)C1. The van der Waals surface area contributed by atoms with Crippen molar-refractivity contribution >= 4 is 23.7 Å². The molecule has 1 aliphatic rings. The molecule has 1 aliphatic carbocycles. The zero-order chi connectivity index (χ0) is 24.7. The number of carbonyl (C=O) groups excluding carboxylic acids is 3. The Morgan fingerprint density at radius 1 is 0.727 bits per heavy atom. The Morgan fingerprint density at radius 2 is 1.12 bits per heavy atom. The van der Waals surface area contributed by atoms with Crippen molar-refractivity contribution in [1.82, 2.24) is 0 Å². The van der Waals surface area contributed by atoms with Crippen molar-refractivity contribution in [3.05, 3.63) is 93.1 Å². The van der Waals surface area contributed by atoms with Crippen LogP contribution in [0.4, 0.5) is 0 Å². The van der Waals surface area contributed by atoms with E-state index in [0.29, 0.717) is 28.7 Å². The lowest BCUT2D eigenvalue weighted by Gasteiger charge is -2.27. The molecule has 0 N–H and O–H groups in total. The highest BCUT2D eigenvalue weighted by molar-refractivity contribution is 8.07. The van der Waals surface area contributed by atoms with E-state index in [0.717, 1.165) is 5.57 Å². The highest BCUT2D eigenvalue weighted by Gasteiger charge is 2.50. The summed E-state index contributed by atoms with van der Waals surface area (Å²) in [7, 11) is -4.72. The van der Waals surface area contributed by atoms with Gasteiger partial charge < -0.3 is 0 Å². The molecule has 0 bridgehead atoms. The molecule has 0 fully saturated rings. The zero-order valence-corrected chi connectivity index (χ0v) is 21.3. The van der Waals surface area contributed by atoms with Crippen molar-refractivity contribution in [3.8, 4) is 0 Å². The minimum atomic E-state index is -4.72. The Balaban J connectivity index is 2.29. The van der Waals surface area contributed by atoms with Gasteiger partial charge in [0.15, 0.2) is 0 Å². The van der Waals surface area contributed by atoms with Crippen LogP contribution in [0.5, 0.6) is 0 Å². The quantitative estimate of drug-likeness (QED) is 0.430. The lowest BCUT2D eigenvalue weighted by molar-refractivity contribution is -0.108. The van der Waals surface area contributed by atoms with Crippen molar-refractivity contribution in [3.63, 3.8) is 0 Å². The summed E-state index contributed by atoms with van der Waals surface area (Å²) >= 11 is 0. The van der Waals surface area contributed by atoms with Crippen LogP contribution in [-0.4, -0.2) is 16.6 Å². The number of carbonyl (C=O) groups is 3. The molecule has 33 heavy (non-hydrogen) atoms. The topological polar surface area (TPSA) is 68.3 Å². The minimum absolute atomic E-state index is 0.162. The molecule has 0 saturated heterocycles. The molecule has 4 nitrogen and oxygen atoms in total. The van der Waals surface area contributed by atoms with Gasteiger partial charge in [-0.2, -0.15) is 0 Å². The van der Waals surface area contributed by atoms with Crippen LogP contribution in [0.1, 0.15) is 70.2 Å². The first-order valence-corrected chi connectivity index (χ1v) is 12.8. The summed E-state index contributed by atoms with van der Waals surface area (Å²) in [5, 5.41) is 0. The second kappa shape index (κ2) is 8.83. The summed E-state index contributed by atoms with van der Waals surface area (Å²) in [4.78, 5) is 41.7. The molecule has 5 heteroatoms. The van der Waals surface area contributed by atoms with Crippen molar-refractivity contribution in [1.29, 1.82) is 0 Å². The summed E-state index contributed by atoms with van der Waals surface area (Å²) in [6, 6.07) is 10.5. The highest BCUT2D eigenvalue weighted by Crippen LogP contribution is 2.57. The van der Waals surface area contributed by atoms with Gasteiger partial charge in [-0.1, -0.05) is 68.0 Å². The molecule has 0 saturated carbocycles. The zero-order valence-electron chi connectivity index (χ0n) is 20.4. The molecule has 0 aliphatic heterocycles. The van der Waals surface area contributed by atoms with E-state index in [9.17, 15) is 18.9 Å². The smallest absolute Gasteiger partial charge is 0.287 e. The summed E-state index contributed by atoms with van der Waals surface area (Å²) in [5.74, 6) is 0. The maximum absolute atomic E-state index is 14.6. The highest BCUT2D eigenvalue weighted by atomic mass is 31.2. The van der Waals surface area contributed by atoms with Gasteiger partial charge >= 0.3 is 0 Å². The van der Waals surface area contributed by atoms with Gasteiger partial charge in [-0.25, -0.2) is 0 Å². The number of hydrogen-bond acceptors (Lipinski definition) is 4. The third-order valence-corrected chi connectivity index (χ3v) is 8.76. The molecule has 2 aromatic rings. The number of allylic oxidation sites excluding steroid dienone is 4. The van der Waals surface area contributed by atoms with Crippen molar-refractivity contribution in [2.45, 2.75) is 54.9 Å². The van der Waals surface area contributed by atoms with Crippen LogP contribution in [0.25, 0.3) is 0 Å².